The van der Waals surface area contributed by atoms with Crippen LogP contribution in [-0.2, 0) is 16.6 Å². The summed E-state index contributed by atoms with van der Waals surface area (Å²) in [4.78, 5) is 23.7. The third-order valence-corrected chi connectivity index (χ3v) is 3.39. The molecule has 1 heterocycles. The molecule has 2 aromatic carbocycles. The lowest BCUT2D eigenvalue weighted by atomic mass is 10.3. The van der Waals surface area contributed by atoms with Gasteiger partial charge in [-0.2, -0.15) is 5.10 Å². The molecular formula is C19H17N3O4. The number of amides is 1. The molecule has 0 saturated heterocycles. The maximum absolute atomic E-state index is 11.9. The van der Waals surface area contributed by atoms with Gasteiger partial charge >= 0.3 is 5.97 Å². The number of nitrogens with one attached hydrogen (secondary N) is 1. The summed E-state index contributed by atoms with van der Waals surface area (Å²) in [5, 5.41) is 6.53. The van der Waals surface area contributed by atoms with Crippen LogP contribution in [-0.4, -0.2) is 28.3 Å². The van der Waals surface area contributed by atoms with Crippen LogP contribution >= 0.6 is 0 Å². The normalized spacial score (nSPS) is 10.2. The minimum atomic E-state index is -0.597. The van der Waals surface area contributed by atoms with Crippen LogP contribution in [0.15, 0.2) is 67.0 Å². The molecule has 1 amide bonds. The molecule has 0 spiro atoms. The molecule has 26 heavy (non-hydrogen) atoms. The molecular weight excluding hydrogens is 334 g/mol. The topological polar surface area (TPSA) is 82.5 Å². The van der Waals surface area contributed by atoms with Crippen molar-refractivity contribution in [2.24, 2.45) is 7.05 Å². The zero-order valence-electron chi connectivity index (χ0n) is 14.1. The number of nitrogens with zero attached hydrogens (tertiary/aromatic N) is 2. The summed E-state index contributed by atoms with van der Waals surface area (Å²) < 4.78 is 12.1. The van der Waals surface area contributed by atoms with E-state index < -0.39 is 11.9 Å². The lowest BCUT2D eigenvalue weighted by Gasteiger charge is -2.08. The predicted molar refractivity (Wildman–Crippen MR) is 95.1 cm³/mol. The second kappa shape index (κ2) is 7.98. The molecule has 0 bridgehead atoms. The van der Waals surface area contributed by atoms with Crippen molar-refractivity contribution in [3.05, 3.63) is 72.6 Å². The van der Waals surface area contributed by atoms with Crippen molar-refractivity contribution in [2.75, 3.05) is 11.9 Å². The number of aromatic nitrogens is 2. The summed E-state index contributed by atoms with van der Waals surface area (Å²) >= 11 is 0. The minimum Gasteiger partial charge on any atom is -0.457 e. The van der Waals surface area contributed by atoms with Gasteiger partial charge in [0.15, 0.2) is 6.61 Å². The Hall–Kier alpha value is -3.61. The number of para-hydroxylation sites is 1. The summed E-state index contributed by atoms with van der Waals surface area (Å²) in [5.41, 5.74) is 0.871. The first-order valence-corrected chi connectivity index (χ1v) is 7.89. The Kier molecular flexibility index (Phi) is 5.28. The van der Waals surface area contributed by atoms with Crippen molar-refractivity contribution in [1.29, 1.82) is 0 Å². The van der Waals surface area contributed by atoms with E-state index in [9.17, 15) is 9.59 Å². The van der Waals surface area contributed by atoms with E-state index in [-0.39, 0.29) is 6.61 Å². The highest BCUT2D eigenvalue weighted by atomic mass is 16.5. The van der Waals surface area contributed by atoms with Crippen molar-refractivity contribution in [3.63, 3.8) is 0 Å². The number of rotatable bonds is 6. The van der Waals surface area contributed by atoms with Gasteiger partial charge in [-0.05, 0) is 36.4 Å². The van der Waals surface area contributed by atoms with Gasteiger partial charge in [-0.1, -0.05) is 18.2 Å². The van der Waals surface area contributed by atoms with E-state index in [0.717, 1.165) is 5.75 Å². The molecule has 0 aliphatic carbocycles. The molecule has 0 radical (unpaired) electrons. The van der Waals surface area contributed by atoms with E-state index in [1.807, 2.05) is 30.3 Å². The summed E-state index contributed by atoms with van der Waals surface area (Å²) in [6.45, 7) is -0.379. The Morgan fingerprint density at radius 3 is 2.38 bits per heavy atom. The van der Waals surface area contributed by atoms with Crippen molar-refractivity contribution in [3.8, 4) is 11.5 Å². The molecule has 0 atom stereocenters. The van der Waals surface area contributed by atoms with E-state index in [1.54, 1.807) is 31.3 Å². The minimum absolute atomic E-state index is 0.294. The van der Waals surface area contributed by atoms with Crippen LogP contribution in [0.2, 0.25) is 0 Å². The molecule has 0 aliphatic heterocycles. The number of anilines is 1. The molecule has 3 rings (SSSR count). The third kappa shape index (κ3) is 4.70. The molecule has 1 aromatic heterocycles. The van der Waals surface area contributed by atoms with Crippen LogP contribution in [0.4, 0.5) is 5.69 Å². The van der Waals surface area contributed by atoms with Crippen molar-refractivity contribution >= 4 is 17.6 Å². The van der Waals surface area contributed by atoms with Crippen LogP contribution in [0.5, 0.6) is 11.5 Å². The maximum Gasteiger partial charge on any atom is 0.341 e. The molecule has 132 valence electrons. The summed E-state index contributed by atoms with van der Waals surface area (Å²) in [6, 6.07) is 16.3. The standard InChI is InChI=1S/C19H17N3O4/c1-22-12-14(11-20-22)19(24)25-13-18(23)21-15-7-9-17(10-8-15)26-16-5-3-2-4-6-16/h2-12H,13H2,1H3,(H,21,23). The number of carbonyl (C=O) groups excluding carboxylic acids is 2. The Bertz CT molecular complexity index is 889. The van der Waals surface area contributed by atoms with E-state index in [0.29, 0.717) is 17.0 Å². The first-order valence-electron chi connectivity index (χ1n) is 7.89. The molecule has 0 fully saturated rings. The zero-order valence-corrected chi connectivity index (χ0v) is 14.1. The molecule has 7 heteroatoms. The van der Waals surface area contributed by atoms with E-state index in [4.69, 9.17) is 9.47 Å². The Morgan fingerprint density at radius 2 is 1.73 bits per heavy atom. The lowest BCUT2D eigenvalue weighted by molar-refractivity contribution is -0.119. The van der Waals surface area contributed by atoms with Gasteiger partial charge in [-0.15, -0.1) is 0 Å². The highest BCUT2D eigenvalue weighted by molar-refractivity contribution is 5.95. The van der Waals surface area contributed by atoms with Crippen LogP contribution < -0.4 is 10.1 Å². The van der Waals surface area contributed by atoms with Crippen LogP contribution in [0, 0.1) is 0 Å². The van der Waals surface area contributed by atoms with Gasteiger partial charge in [0.05, 0.1) is 11.8 Å². The Labute approximate surface area is 150 Å². The molecule has 7 nitrogen and oxygen atoms in total. The van der Waals surface area contributed by atoms with Gasteiger partial charge in [-0.25, -0.2) is 4.79 Å². The SMILES string of the molecule is Cn1cc(C(=O)OCC(=O)Nc2ccc(Oc3ccccc3)cc2)cn1. The molecule has 3 aromatic rings. The first-order chi connectivity index (χ1) is 12.6. The highest BCUT2D eigenvalue weighted by Crippen LogP contribution is 2.22. The smallest absolute Gasteiger partial charge is 0.341 e. The van der Waals surface area contributed by atoms with Gasteiger partial charge < -0.3 is 14.8 Å². The van der Waals surface area contributed by atoms with Crippen molar-refractivity contribution in [1.82, 2.24) is 9.78 Å². The maximum atomic E-state index is 11.9. The van der Waals surface area contributed by atoms with E-state index in [2.05, 4.69) is 10.4 Å². The third-order valence-electron chi connectivity index (χ3n) is 3.39. The average molecular weight is 351 g/mol. The Morgan fingerprint density at radius 1 is 1.04 bits per heavy atom. The van der Waals surface area contributed by atoms with E-state index in [1.165, 1.54) is 17.1 Å². The first kappa shape index (κ1) is 17.2. The van der Waals surface area contributed by atoms with Crippen molar-refractivity contribution in [2.45, 2.75) is 0 Å². The van der Waals surface area contributed by atoms with Gasteiger partial charge in [-0.3, -0.25) is 9.48 Å². The predicted octanol–water partition coefficient (Wildman–Crippen LogP) is 3.01. The van der Waals surface area contributed by atoms with Gasteiger partial charge in [0, 0.05) is 18.9 Å². The fraction of sp³-hybridized carbons (Fsp3) is 0.105. The van der Waals surface area contributed by atoms with Crippen molar-refractivity contribution < 1.29 is 19.1 Å². The second-order valence-electron chi connectivity index (χ2n) is 5.47. The highest BCUT2D eigenvalue weighted by Gasteiger charge is 2.12. The van der Waals surface area contributed by atoms with Gasteiger partial charge in [0.2, 0.25) is 0 Å². The van der Waals surface area contributed by atoms with Crippen LogP contribution in [0.25, 0.3) is 0 Å². The number of benzene rings is 2. The number of ether oxygens (including phenoxy) is 2. The van der Waals surface area contributed by atoms with Gasteiger partial charge in [0.25, 0.3) is 5.91 Å². The van der Waals surface area contributed by atoms with Crippen LogP contribution in [0.1, 0.15) is 10.4 Å². The largest absolute Gasteiger partial charge is 0.457 e. The molecule has 0 unspecified atom stereocenters. The average Bonchev–Trinajstić information content (AvgIpc) is 3.09. The fourth-order valence-electron chi connectivity index (χ4n) is 2.17. The van der Waals surface area contributed by atoms with Crippen LogP contribution in [0.3, 0.4) is 0 Å². The molecule has 0 aliphatic rings. The summed E-state index contributed by atoms with van der Waals surface area (Å²) in [7, 11) is 1.69. The number of hydrogen-bond acceptors (Lipinski definition) is 5. The quantitative estimate of drug-likeness (QED) is 0.690. The number of aryl methyl sites for hydroxylation is 1. The van der Waals surface area contributed by atoms with Gasteiger partial charge in [0.1, 0.15) is 11.5 Å². The summed E-state index contributed by atoms with van der Waals surface area (Å²) in [5.74, 6) is 0.350. The number of hydrogen-bond donors (Lipinski definition) is 1. The Balaban J connectivity index is 1.49. The molecule has 0 saturated carbocycles. The summed E-state index contributed by atoms with van der Waals surface area (Å²) in [6.07, 6.45) is 2.90. The fourth-order valence-corrected chi connectivity index (χ4v) is 2.17. The second-order valence-corrected chi connectivity index (χ2v) is 5.47. The number of esters is 1. The lowest BCUT2D eigenvalue weighted by Crippen LogP contribution is -2.20. The number of carbonyl (C=O) groups is 2. The van der Waals surface area contributed by atoms with E-state index >= 15 is 0 Å². The molecule has 1 N–H and O–H groups in total. The monoisotopic (exact) mass is 351 g/mol. The zero-order chi connectivity index (χ0) is 18.4.